The van der Waals surface area contributed by atoms with Crippen LogP contribution in [0, 0.1) is 6.92 Å². The maximum atomic E-state index is 13.1. The first kappa shape index (κ1) is 25.0. The minimum Gasteiger partial charge on any atom is -0.358 e. The van der Waals surface area contributed by atoms with Gasteiger partial charge in [0.25, 0.3) is 0 Å². The molecule has 186 valence electrons. The second-order valence-electron chi connectivity index (χ2n) is 8.93. The van der Waals surface area contributed by atoms with Gasteiger partial charge in [0, 0.05) is 43.9 Å². The van der Waals surface area contributed by atoms with Crippen molar-refractivity contribution >= 4 is 5.91 Å². The smallest absolute Gasteiger partial charge is 0.358 e. The zero-order valence-electron chi connectivity index (χ0n) is 20.3. The lowest BCUT2D eigenvalue weighted by Gasteiger charge is -2.41. The van der Waals surface area contributed by atoms with Crippen LogP contribution in [0.5, 0.6) is 0 Å². The maximum Gasteiger partial charge on any atom is 0.416 e. The van der Waals surface area contributed by atoms with Gasteiger partial charge in [0.2, 0.25) is 5.91 Å². The van der Waals surface area contributed by atoms with E-state index in [2.05, 4.69) is 17.1 Å². The fourth-order valence-electron chi connectivity index (χ4n) is 5.21. The lowest BCUT2D eigenvalue weighted by molar-refractivity contribution is -0.137. The summed E-state index contributed by atoms with van der Waals surface area (Å²) in [7, 11) is 1.64. The lowest BCUT2D eigenvalue weighted by atomic mass is 9.88. The average molecular weight is 485 g/mol. The van der Waals surface area contributed by atoms with E-state index in [0.717, 1.165) is 47.5 Å². The zero-order valence-corrected chi connectivity index (χ0v) is 20.3. The number of amides is 1. The van der Waals surface area contributed by atoms with E-state index in [-0.39, 0.29) is 11.9 Å². The number of nitrogens with zero attached hydrogens (tertiary/aromatic N) is 3. The van der Waals surface area contributed by atoms with E-state index in [1.165, 1.54) is 5.69 Å². The van der Waals surface area contributed by atoms with Crippen LogP contribution in [0.15, 0.2) is 54.6 Å². The van der Waals surface area contributed by atoms with Gasteiger partial charge in [0.1, 0.15) is 6.04 Å². The van der Waals surface area contributed by atoms with Crippen LogP contribution in [0.25, 0.3) is 0 Å². The highest BCUT2D eigenvalue weighted by Gasteiger charge is 2.39. The second-order valence-corrected chi connectivity index (χ2v) is 8.93. The van der Waals surface area contributed by atoms with Crippen LogP contribution in [0.1, 0.15) is 59.1 Å². The summed E-state index contributed by atoms with van der Waals surface area (Å²) in [6.45, 7) is 5.51. The van der Waals surface area contributed by atoms with Crippen LogP contribution >= 0.6 is 0 Å². The Bertz CT molecular complexity index is 1160. The fourth-order valence-corrected chi connectivity index (χ4v) is 5.21. The van der Waals surface area contributed by atoms with Gasteiger partial charge in [0.15, 0.2) is 0 Å². The molecule has 1 aliphatic heterocycles. The topological polar surface area (TPSA) is 50.2 Å². The van der Waals surface area contributed by atoms with Gasteiger partial charge in [-0.1, -0.05) is 42.5 Å². The molecule has 35 heavy (non-hydrogen) atoms. The van der Waals surface area contributed by atoms with Crippen molar-refractivity contribution in [2.45, 2.75) is 57.9 Å². The molecular formula is C27H31F3N4O. The molecule has 2 atom stereocenters. The number of benzene rings is 2. The summed E-state index contributed by atoms with van der Waals surface area (Å²) in [4.78, 5) is 15.4. The van der Waals surface area contributed by atoms with Crippen molar-refractivity contribution in [2.75, 3.05) is 13.6 Å². The SMILES string of the molecule is CCn1nc(C)c2c1CCN([C@@H](C(=O)NC)c1ccccc1)[C@H]2CCc1ccc(C(F)(F)F)cc1. The van der Waals surface area contributed by atoms with E-state index < -0.39 is 17.8 Å². The Morgan fingerprint density at radius 2 is 1.83 bits per heavy atom. The number of nitrogens with one attached hydrogen (secondary N) is 1. The van der Waals surface area contributed by atoms with Gasteiger partial charge < -0.3 is 5.32 Å². The van der Waals surface area contributed by atoms with Gasteiger partial charge in [-0.25, -0.2) is 0 Å². The monoisotopic (exact) mass is 484 g/mol. The molecule has 0 radical (unpaired) electrons. The van der Waals surface area contributed by atoms with Crippen molar-refractivity contribution in [2.24, 2.45) is 0 Å². The van der Waals surface area contributed by atoms with E-state index in [1.54, 1.807) is 19.2 Å². The largest absolute Gasteiger partial charge is 0.416 e. The molecule has 0 spiro atoms. The van der Waals surface area contributed by atoms with Crippen molar-refractivity contribution in [3.8, 4) is 0 Å². The Hall–Kier alpha value is -3.13. The van der Waals surface area contributed by atoms with Gasteiger partial charge in [-0.3, -0.25) is 14.4 Å². The highest BCUT2D eigenvalue weighted by Crippen LogP contribution is 2.41. The molecule has 0 unspecified atom stereocenters. The molecule has 0 fully saturated rings. The molecule has 8 heteroatoms. The predicted octanol–water partition coefficient (Wildman–Crippen LogP) is 5.25. The number of halogens is 3. The summed E-state index contributed by atoms with van der Waals surface area (Å²) in [5.41, 5.74) is 4.36. The number of hydrogen-bond acceptors (Lipinski definition) is 3. The summed E-state index contributed by atoms with van der Waals surface area (Å²) in [6.07, 6.45) is -2.32. The Morgan fingerprint density at radius 1 is 1.14 bits per heavy atom. The average Bonchev–Trinajstić information content (AvgIpc) is 3.19. The van der Waals surface area contributed by atoms with Crippen molar-refractivity contribution in [3.05, 3.63) is 88.2 Å². The van der Waals surface area contributed by atoms with Gasteiger partial charge >= 0.3 is 6.18 Å². The first-order valence-electron chi connectivity index (χ1n) is 12.0. The molecule has 4 rings (SSSR count). The van der Waals surface area contributed by atoms with Crippen molar-refractivity contribution < 1.29 is 18.0 Å². The van der Waals surface area contributed by atoms with E-state index in [9.17, 15) is 18.0 Å². The van der Waals surface area contributed by atoms with E-state index in [4.69, 9.17) is 5.10 Å². The van der Waals surface area contributed by atoms with Gasteiger partial charge in [-0.15, -0.1) is 0 Å². The molecule has 0 saturated carbocycles. The zero-order chi connectivity index (χ0) is 25.2. The number of rotatable bonds is 7. The van der Waals surface area contributed by atoms with Crippen molar-refractivity contribution in [3.63, 3.8) is 0 Å². The third-order valence-corrected chi connectivity index (χ3v) is 6.85. The highest BCUT2D eigenvalue weighted by atomic mass is 19.4. The first-order chi connectivity index (χ1) is 16.7. The molecule has 1 aliphatic rings. The molecule has 1 N–H and O–H groups in total. The lowest BCUT2D eigenvalue weighted by Crippen LogP contribution is -2.45. The molecule has 5 nitrogen and oxygen atoms in total. The second kappa shape index (κ2) is 10.2. The van der Waals surface area contributed by atoms with Crippen LogP contribution in [0.2, 0.25) is 0 Å². The summed E-state index contributed by atoms with van der Waals surface area (Å²) < 4.78 is 41.0. The standard InChI is InChI=1S/C27H31F3N4O/c1-4-34-23-16-17-33(25(26(35)31-3)20-8-6-5-7-9-20)22(24(23)18(2)32-34)15-12-19-10-13-21(14-11-19)27(28,29)30/h5-11,13-14,22,25H,4,12,15-17H2,1-3H3,(H,31,35)/t22-,25+/m0/s1. The van der Waals surface area contributed by atoms with Crippen LogP contribution in [-0.4, -0.2) is 34.2 Å². The fraction of sp³-hybridized carbons (Fsp3) is 0.407. The molecule has 2 heterocycles. The summed E-state index contributed by atoms with van der Waals surface area (Å²) >= 11 is 0. The third kappa shape index (κ3) is 5.12. The number of fused-ring (bicyclic) bond motifs is 1. The van der Waals surface area contributed by atoms with Crippen LogP contribution in [-0.2, 0) is 30.4 Å². The molecule has 0 bridgehead atoms. The Balaban J connectivity index is 1.70. The summed E-state index contributed by atoms with van der Waals surface area (Å²) in [5.74, 6) is -0.0836. The van der Waals surface area contributed by atoms with E-state index in [1.807, 2.05) is 41.9 Å². The summed E-state index contributed by atoms with van der Waals surface area (Å²) in [6, 6.07) is 14.5. The molecule has 0 saturated heterocycles. The van der Waals surface area contributed by atoms with Crippen LogP contribution in [0.3, 0.4) is 0 Å². The highest BCUT2D eigenvalue weighted by molar-refractivity contribution is 5.83. The normalized spacial score (nSPS) is 17.1. The van der Waals surface area contributed by atoms with E-state index >= 15 is 0 Å². The Morgan fingerprint density at radius 3 is 2.43 bits per heavy atom. The third-order valence-electron chi connectivity index (χ3n) is 6.85. The van der Waals surface area contributed by atoms with Gasteiger partial charge in [-0.05, 0) is 49.9 Å². The Labute approximate surface area is 203 Å². The van der Waals surface area contributed by atoms with Gasteiger partial charge in [-0.2, -0.15) is 18.3 Å². The maximum absolute atomic E-state index is 13.1. The Kier molecular flexibility index (Phi) is 7.31. The van der Waals surface area contributed by atoms with E-state index in [0.29, 0.717) is 19.4 Å². The molecule has 3 aromatic rings. The molecular weight excluding hydrogens is 453 g/mol. The number of aromatic nitrogens is 2. The number of hydrogen-bond donors (Lipinski definition) is 1. The first-order valence-corrected chi connectivity index (χ1v) is 12.0. The summed E-state index contributed by atoms with van der Waals surface area (Å²) in [5, 5.41) is 7.57. The van der Waals surface area contributed by atoms with Gasteiger partial charge in [0.05, 0.1) is 11.3 Å². The predicted molar refractivity (Wildman–Crippen MR) is 129 cm³/mol. The van der Waals surface area contributed by atoms with Crippen LogP contribution in [0.4, 0.5) is 13.2 Å². The number of carbonyl (C=O) groups excluding carboxylic acids is 1. The quantitative estimate of drug-likeness (QED) is 0.498. The van der Waals surface area contributed by atoms with Crippen LogP contribution < -0.4 is 5.32 Å². The molecule has 1 amide bonds. The number of likely N-dealkylation sites (N-methyl/N-ethyl adjacent to an activating group) is 1. The van der Waals surface area contributed by atoms with Crippen molar-refractivity contribution in [1.82, 2.24) is 20.0 Å². The molecule has 0 aliphatic carbocycles. The number of aryl methyl sites for hydroxylation is 3. The minimum absolute atomic E-state index is 0.0836. The molecule has 2 aromatic carbocycles. The number of alkyl halides is 3. The van der Waals surface area contributed by atoms with Crippen molar-refractivity contribution in [1.29, 1.82) is 0 Å². The minimum atomic E-state index is -4.35. The molecule has 1 aromatic heterocycles. The number of carbonyl (C=O) groups is 1.